The lowest BCUT2D eigenvalue weighted by Crippen LogP contribution is -2.42. The molecule has 1 unspecified atom stereocenters. The van der Waals surface area contributed by atoms with Crippen molar-refractivity contribution in [1.29, 1.82) is 0 Å². The second kappa shape index (κ2) is 9.81. The molecule has 10 heteroatoms. The van der Waals surface area contributed by atoms with Crippen molar-refractivity contribution in [3.8, 4) is 0 Å². The van der Waals surface area contributed by atoms with E-state index in [2.05, 4.69) is 0 Å². The summed E-state index contributed by atoms with van der Waals surface area (Å²) in [6, 6.07) is 12.4. The van der Waals surface area contributed by atoms with Crippen molar-refractivity contribution in [2.45, 2.75) is 68.4 Å². The highest BCUT2D eigenvalue weighted by Crippen LogP contribution is 2.41. The summed E-state index contributed by atoms with van der Waals surface area (Å²) in [6.07, 6.45) is 2.97. The van der Waals surface area contributed by atoms with Crippen LogP contribution < -0.4 is 4.90 Å². The summed E-state index contributed by atoms with van der Waals surface area (Å²) >= 11 is 0. The number of sulfone groups is 1. The van der Waals surface area contributed by atoms with Crippen LogP contribution >= 0.6 is 0 Å². The second-order valence-corrected chi connectivity index (χ2v) is 11.9. The Labute approximate surface area is 216 Å². The Bertz CT molecular complexity index is 1440. The van der Waals surface area contributed by atoms with Gasteiger partial charge in [-0.25, -0.2) is 18.2 Å². The molecule has 0 saturated heterocycles. The fourth-order valence-electron chi connectivity index (χ4n) is 5.77. The lowest BCUT2D eigenvalue weighted by molar-refractivity contribution is -0.143. The summed E-state index contributed by atoms with van der Waals surface area (Å²) in [4.78, 5) is 30.5. The monoisotopic (exact) mass is 525 g/mol. The van der Waals surface area contributed by atoms with Gasteiger partial charge in [-0.1, -0.05) is 30.3 Å². The van der Waals surface area contributed by atoms with E-state index in [0.29, 0.717) is 60.8 Å². The first kappa shape index (κ1) is 25.3. The summed E-state index contributed by atoms with van der Waals surface area (Å²) in [7, 11) is -2.48. The zero-order chi connectivity index (χ0) is 26.3. The molecule has 5 rings (SSSR count). The third kappa shape index (κ3) is 4.58. The Hall–Kier alpha value is -3.40. The number of anilines is 1. The Kier molecular flexibility index (Phi) is 6.70. The van der Waals surface area contributed by atoms with E-state index >= 15 is 0 Å². The van der Waals surface area contributed by atoms with E-state index in [1.807, 2.05) is 29.7 Å². The normalized spacial score (nSPS) is 22.0. The number of fused-ring (bicyclic) bond motifs is 3. The Balaban J connectivity index is 1.66. The molecule has 2 heterocycles. The number of hydrogen-bond donors (Lipinski definition) is 1. The molecule has 2 aliphatic rings. The van der Waals surface area contributed by atoms with Crippen LogP contribution in [-0.2, 0) is 31.5 Å². The molecule has 0 spiro atoms. The van der Waals surface area contributed by atoms with Gasteiger partial charge in [0.15, 0.2) is 0 Å². The van der Waals surface area contributed by atoms with Crippen LogP contribution in [0.2, 0.25) is 0 Å². The third-order valence-electron chi connectivity index (χ3n) is 7.68. The largest absolute Gasteiger partial charge is 0.481 e. The number of rotatable bonds is 5. The molecule has 1 aliphatic carbocycles. The summed E-state index contributed by atoms with van der Waals surface area (Å²) < 4.78 is 34.4. The number of methoxy groups -OCH3 is 1. The van der Waals surface area contributed by atoms with Gasteiger partial charge in [0, 0.05) is 17.6 Å². The maximum absolute atomic E-state index is 13.8. The lowest BCUT2D eigenvalue weighted by atomic mass is 9.86. The number of imidazole rings is 1. The Morgan fingerprint density at radius 3 is 2.41 bits per heavy atom. The molecule has 1 fully saturated rings. The van der Waals surface area contributed by atoms with E-state index in [0.717, 1.165) is 5.56 Å². The van der Waals surface area contributed by atoms with Gasteiger partial charge in [-0.05, 0) is 63.1 Å². The minimum atomic E-state index is -3.83. The quantitative estimate of drug-likeness (QED) is 0.511. The first-order chi connectivity index (χ1) is 17.7. The van der Waals surface area contributed by atoms with Crippen molar-refractivity contribution in [3.63, 3.8) is 0 Å². The standard InChI is InChI=1S/C27H31N3O6S/c1-17-8-13-21-22(29(17)27(33)36-2)14-15-23-24(21)28-26(37(34,35)16-18-6-4-3-5-7-18)30(23)20-11-9-19(10-12-20)25(31)32/h3-7,14-15,17,19-20H,8-13,16H2,1-2H3,(H,31,32). The molecule has 1 amide bonds. The highest BCUT2D eigenvalue weighted by molar-refractivity contribution is 7.90. The molecule has 1 aliphatic heterocycles. The van der Waals surface area contributed by atoms with Gasteiger partial charge in [0.1, 0.15) is 0 Å². The number of ether oxygens (including phenoxy) is 1. The number of amides is 1. The highest BCUT2D eigenvalue weighted by Gasteiger charge is 2.36. The number of carbonyl (C=O) groups is 2. The molecule has 196 valence electrons. The number of carbonyl (C=O) groups excluding carboxylic acids is 1. The van der Waals surface area contributed by atoms with Crippen LogP contribution in [0.3, 0.4) is 0 Å². The molecule has 3 aromatic rings. The topological polar surface area (TPSA) is 119 Å². The van der Waals surface area contributed by atoms with E-state index < -0.39 is 27.8 Å². The maximum atomic E-state index is 13.8. The number of aromatic nitrogens is 2. The van der Waals surface area contributed by atoms with E-state index in [1.165, 1.54) is 7.11 Å². The fraction of sp³-hybridized carbons (Fsp3) is 0.444. The number of nitrogens with zero attached hydrogens (tertiary/aromatic N) is 3. The van der Waals surface area contributed by atoms with Gasteiger partial charge in [0.2, 0.25) is 15.0 Å². The van der Waals surface area contributed by atoms with E-state index in [4.69, 9.17) is 9.72 Å². The predicted molar refractivity (Wildman–Crippen MR) is 138 cm³/mol. The van der Waals surface area contributed by atoms with Gasteiger partial charge in [0.25, 0.3) is 0 Å². The number of carboxylic acid groups (broad SMARTS) is 1. The molecule has 1 atom stereocenters. The minimum Gasteiger partial charge on any atom is -0.481 e. The molecule has 9 nitrogen and oxygen atoms in total. The van der Waals surface area contributed by atoms with Crippen LogP contribution in [0.25, 0.3) is 11.0 Å². The molecule has 0 radical (unpaired) electrons. The zero-order valence-electron chi connectivity index (χ0n) is 21.0. The van der Waals surface area contributed by atoms with Gasteiger partial charge >= 0.3 is 12.1 Å². The van der Waals surface area contributed by atoms with Gasteiger partial charge in [-0.15, -0.1) is 0 Å². The molecule has 1 saturated carbocycles. The smallest absolute Gasteiger partial charge is 0.414 e. The van der Waals surface area contributed by atoms with Crippen molar-refractivity contribution < 1.29 is 27.9 Å². The molecule has 2 aromatic carbocycles. The lowest BCUT2D eigenvalue weighted by Gasteiger charge is -2.34. The maximum Gasteiger partial charge on any atom is 0.414 e. The first-order valence-electron chi connectivity index (χ1n) is 12.6. The summed E-state index contributed by atoms with van der Waals surface area (Å²) in [6.45, 7) is 1.96. The van der Waals surface area contributed by atoms with Gasteiger partial charge in [-0.3, -0.25) is 9.69 Å². The first-order valence-corrected chi connectivity index (χ1v) is 14.3. The Morgan fingerprint density at radius 2 is 1.76 bits per heavy atom. The van der Waals surface area contributed by atoms with Crippen LogP contribution in [0.15, 0.2) is 47.6 Å². The van der Waals surface area contributed by atoms with Crippen LogP contribution in [0, 0.1) is 5.92 Å². The number of aliphatic carboxylic acids is 1. The molecular formula is C27H31N3O6S. The van der Waals surface area contributed by atoms with Gasteiger partial charge in [-0.2, -0.15) is 0 Å². The van der Waals surface area contributed by atoms with Crippen LogP contribution in [0.5, 0.6) is 0 Å². The molecule has 37 heavy (non-hydrogen) atoms. The van der Waals surface area contributed by atoms with Crippen LogP contribution in [0.4, 0.5) is 10.5 Å². The van der Waals surface area contributed by atoms with E-state index in [1.54, 1.807) is 29.2 Å². The highest BCUT2D eigenvalue weighted by atomic mass is 32.2. The summed E-state index contributed by atoms with van der Waals surface area (Å²) in [5.41, 5.74) is 3.46. The van der Waals surface area contributed by atoms with Crippen molar-refractivity contribution >= 4 is 38.6 Å². The predicted octanol–water partition coefficient (Wildman–Crippen LogP) is 4.73. The number of carboxylic acids is 1. The Morgan fingerprint density at radius 1 is 1.05 bits per heavy atom. The number of benzene rings is 2. The molecular weight excluding hydrogens is 494 g/mol. The van der Waals surface area contributed by atoms with Crippen molar-refractivity contribution in [3.05, 3.63) is 53.6 Å². The average molecular weight is 526 g/mol. The van der Waals surface area contributed by atoms with E-state index in [9.17, 15) is 23.1 Å². The van der Waals surface area contributed by atoms with E-state index in [-0.39, 0.29) is 23.0 Å². The summed E-state index contributed by atoms with van der Waals surface area (Å²) in [5.74, 6) is -1.41. The van der Waals surface area contributed by atoms with Gasteiger partial charge < -0.3 is 14.4 Å². The minimum absolute atomic E-state index is 0.00164. The van der Waals surface area contributed by atoms with Crippen molar-refractivity contribution in [2.24, 2.45) is 5.92 Å². The fourth-order valence-corrected chi connectivity index (χ4v) is 7.30. The molecule has 1 N–H and O–H groups in total. The van der Waals surface area contributed by atoms with Crippen molar-refractivity contribution in [1.82, 2.24) is 9.55 Å². The molecule has 0 bridgehead atoms. The van der Waals surface area contributed by atoms with Crippen LogP contribution in [-0.4, -0.2) is 48.3 Å². The van der Waals surface area contributed by atoms with Crippen LogP contribution in [0.1, 0.15) is 56.2 Å². The van der Waals surface area contributed by atoms with Gasteiger partial charge in [0.05, 0.1) is 35.5 Å². The summed E-state index contributed by atoms with van der Waals surface area (Å²) in [5, 5.41) is 9.46. The zero-order valence-corrected chi connectivity index (χ0v) is 21.8. The second-order valence-electron chi connectivity index (χ2n) is 10.0. The SMILES string of the molecule is COC(=O)N1c2ccc3c(nc(S(=O)(=O)Cc4ccccc4)n3C3CCC(C(=O)O)CC3)c2CCC1C. The number of aryl methyl sites for hydroxylation is 1. The number of hydrogen-bond acceptors (Lipinski definition) is 6. The van der Waals surface area contributed by atoms with Crippen molar-refractivity contribution in [2.75, 3.05) is 12.0 Å². The average Bonchev–Trinajstić information content (AvgIpc) is 3.29. The third-order valence-corrected chi connectivity index (χ3v) is 9.24. The molecule has 1 aromatic heterocycles.